The van der Waals surface area contributed by atoms with Gasteiger partial charge in [0, 0.05) is 22.5 Å². The molecule has 8 rings (SSSR count). The smallest absolute Gasteiger partial charge is 0.0465 e. The van der Waals surface area contributed by atoms with Gasteiger partial charge in [0.1, 0.15) is 0 Å². The Bertz CT molecular complexity index is 2090. The molecule has 7 aromatic carbocycles. The van der Waals surface area contributed by atoms with Crippen LogP contribution in [-0.4, -0.2) is 0 Å². The van der Waals surface area contributed by atoms with Crippen LogP contribution in [0.5, 0.6) is 0 Å². The first-order valence-electron chi connectivity index (χ1n) is 14.7. The Morgan fingerprint density at radius 1 is 0.429 bits per heavy atom. The topological polar surface area (TPSA) is 3.24 Å². The second kappa shape index (κ2) is 9.46. The summed E-state index contributed by atoms with van der Waals surface area (Å²) in [5, 5.41) is 5.34. The van der Waals surface area contributed by atoms with Gasteiger partial charge in [0.15, 0.2) is 0 Å². The van der Waals surface area contributed by atoms with Crippen molar-refractivity contribution < 1.29 is 0 Å². The summed E-state index contributed by atoms with van der Waals surface area (Å²) in [6.45, 7) is 4.79. The van der Waals surface area contributed by atoms with E-state index >= 15 is 0 Å². The SMILES string of the molecule is CC1(C)c2cc(N(c3ccccc3)c3ccc(-c4ccccc4)cc3)ccc2-c2c1c1ccccc1c1ccccc21. The highest BCUT2D eigenvalue weighted by molar-refractivity contribution is 6.18. The van der Waals surface area contributed by atoms with Gasteiger partial charge in [-0.05, 0) is 91.3 Å². The fourth-order valence-corrected chi connectivity index (χ4v) is 7.07. The van der Waals surface area contributed by atoms with Crippen LogP contribution in [0.2, 0.25) is 0 Å². The van der Waals surface area contributed by atoms with Crippen molar-refractivity contribution in [2.45, 2.75) is 19.3 Å². The van der Waals surface area contributed by atoms with Gasteiger partial charge >= 0.3 is 0 Å². The summed E-state index contributed by atoms with van der Waals surface area (Å²) in [5.41, 5.74) is 11.3. The molecule has 0 N–H and O–H groups in total. The molecule has 0 atom stereocenters. The number of nitrogens with zero attached hydrogens (tertiary/aromatic N) is 1. The third-order valence-corrected chi connectivity index (χ3v) is 9.01. The molecule has 0 fully saturated rings. The Hall–Kier alpha value is -5.14. The first-order valence-corrected chi connectivity index (χ1v) is 14.7. The number of para-hydroxylation sites is 1. The van der Waals surface area contributed by atoms with Crippen LogP contribution in [0.15, 0.2) is 152 Å². The van der Waals surface area contributed by atoms with E-state index in [2.05, 4.69) is 170 Å². The molecule has 7 aromatic rings. The van der Waals surface area contributed by atoms with Crippen molar-refractivity contribution in [3.63, 3.8) is 0 Å². The lowest BCUT2D eigenvalue weighted by atomic mass is 9.79. The summed E-state index contributed by atoms with van der Waals surface area (Å²) >= 11 is 0. The lowest BCUT2D eigenvalue weighted by molar-refractivity contribution is 0.666. The van der Waals surface area contributed by atoms with Crippen molar-refractivity contribution in [3.8, 4) is 22.3 Å². The molecule has 0 aliphatic heterocycles. The highest BCUT2D eigenvalue weighted by Gasteiger charge is 2.38. The van der Waals surface area contributed by atoms with Crippen LogP contribution in [0.4, 0.5) is 17.1 Å². The lowest BCUT2D eigenvalue weighted by Crippen LogP contribution is -2.17. The Balaban J connectivity index is 1.32. The summed E-state index contributed by atoms with van der Waals surface area (Å²) in [7, 11) is 0. The molecule has 0 amide bonds. The Morgan fingerprint density at radius 3 is 1.62 bits per heavy atom. The van der Waals surface area contributed by atoms with E-state index in [-0.39, 0.29) is 5.41 Å². The van der Waals surface area contributed by atoms with Crippen LogP contribution in [0, 0.1) is 0 Å². The van der Waals surface area contributed by atoms with Crippen LogP contribution in [0.3, 0.4) is 0 Å². The van der Waals surface area contributed by atoms with Gasteiger partial charge in [0.05, 0.1) is 0 Å². The zero-order chi connectivity index (χ0) is 28.3. The van der Waals surface area contributed by atoms with Gasteiger partial charge in [-0.1, -0.05) is 129 Å². The van der Waals surface area contributed by atoms with Gasteiger partial charge in [0.2, 0.25) is 0 Å². The van der Waals surface area contributed by atoms with Gasteiger partial charge in [-0.3, -0.25) is 0 Å². The molecular weight excluding hydrogens is 506 g/mol. The van der Waals surface area contributed by atoms with Crippen molar-refractivity contribution in [3.05, 3.63) is 163 Å². The van der Waals surface area contributed by atoms with E-state index in [1.807, 2.05) is 0 Å². The number of anilines is 3. The van der Waals surface area contributed by atoms with E-state index in [0.29, 0.717) is 0 Å². The molecule has 42 heavy (non-hydrogen) atoms. The average molecular weight is 538 g/mol. The first kappa shape index (κ1) is 24.6. The second-order valence-corrected chi connectivity index (χ2v) is 11.8. The van der Waals surface area contributed by atoms with Gasteiger partial charge in [-0.15, -0.1) is 0 Å². The third kappa shape index (κ3) is 3.71. The fourth-order valence-electron chi connectivity index (χ4n) is 7.07. The fraction of sp³-hybridized carbons (Fsp3) is 0.0732. The molecule has 0 saturated carbocycles. The number of benzene rings is 7. The van der Waals surface area contributed by atoms with E-state index in [1.165, 1.54) is 60.6 Å². The Labute approximate surface area is 247 Å². The van der Waals surface area contributed by atoms with Crippen LogP contribution in [0.25, 0.3) is 43.8 Å². The molecule has 0 bridgehead atoms. The van der Waals surface area contributed by atoms with Gasteiger partial charge in [0.25, 0.3) is 0 Å². The maximum absolute atomic E-state index is 2.43. The number of fused-ring (bicyclic) bond motifs is 8. The van der Waals surface area contributed by atoms with Gasteiger partial charge in [-0.25, -0.2) is 0 Å². The molecule has 0 saturated heterocycles. The quantitative estimate of drug-likeness (QED) is 0.202. The molecule has 0 radical (unpaired) electrons. The molecule has 1 aliphatic carbocycles. The van der Waals surface area contributed by atoms with E-state index in [4.69, 9.17) is 0 Å². The number of hydrogen-bond acceptors (Lipinski definition) is 1. The maximum atomic E-state index is 2.43. The lowest BCUT2D eigenvalue weighted by Gasteiger charge is -2.28. The molecule has 0 unspecified atom stereocenters. The van der Waals surface area contributed by atoms with Crippen molar-refractivity contribution in [2.75, 3.05) is 4.90 Å². The molecule has 0 spiro atoms. The molecule has 200 valence electrons. The van der Waals surface area contributed by atoms with Crippen molar-refractivity contribution in [1.82, 2.24) is 0 Å². The van der Waals surface area contributed by atoms with E-state index < -0.39 is 0 Å². The van der Waals surface area contributed by atoms with Crippen molar-refractivity contribution >= 4 is 38.6 Å². The zero-order valence-corrected chi connectivity index (χ0v) is 23.9. The van der Waals surface area contributed by atoms with Crippen LogP contribution in [-0.2, 0) is 5.41 Å². The number of hydrogen-bond donors (Lipinski definition) is 0. The minimum atomic E-state index is -0.149. The standard InChI is InChI=1S/C41H31N/c1-41(2)38-27-32(25-26-37(38)39-35-19-11-9-17-33(35)34-18-10-12-20-36(34)40(39)41)42(30-15-7-4-8-16-30)31-23-21-29(22-24-31)28-13-5-3-6-14-28/h3-27H,1-2H3. The van der Waals surface area contributed by atoms with E-state index in [0.717, 1.165) is 11.4 Å². The second-order valence-electron chi connectivity index (χ2n) is 11.8. The summed E-state index contributed by atoms with van der Waals surface area (Å²) in [4.78, 5) is 2.38. The third-order valence-electron chi connectivity index (χ3n) is 9.01. The molecule has 1 aliphatic rings. The normalized spacial score (nSPS) is 13.2. The highest BCUT2D eigenvalue weighted by Crippen LogP contribution is 2.55. The minimum absolute atomic E-state index is 0.149. The highest BCUT2D eigenvalue weighted by atomic mass is 15.1. The first-order chi connectivity index (χ1) is 20.6. The van der Waals surface area contributed by atoms with Crippen molar-refractivity contribution in [2.24, 2.45) is 0 Å². The largest absolute Gasteiger partial charge is 0.310 e. The minimum Gasteiger partial charge on any atom is -0.310 e. The molecule has 0 heterocycles. The maximum Gasteiger partial charge on any atom is 0.0465 e. The summed E-state index contributed by atoms with van der Waals surface area (Å²) in [5.74, 6) is 0. The summed E-state index contributed by atoms with van der Waals surface area (Å²) in [6, 6.07) is 55.1. The average Bonchev–Trinajstić information content (AvgIpc) is 3.29. The molecule has 1 nitrogen and oxygen atoms in total. The molecular formula is C41H31N. The molecule has 0 aromatic heterocycles. The van der Waals surface area contributed by atoms with E-state index in [9.17, 15) is 0 Å². The predicted molar refractivity (Wildman–Crippen MR) is 179 cm³/mol. The summed E-state index contributed by atoms with van der Waals surface area (Å²) in [6.07, 6.45) is 0. The number of rotatable bonds is 4. The van der Waals surface area contributed by atoms with Crippen LogP contribution >= 0.6 is 0 Å². The van der Waals surface area contributed by atoms with Gasteiger partial charge in [-0.2, -0.15) is 0 Å². The van der Waals surface area contributed by atoms with Crippen LogP contribution < -0.4 is 4.90 Å². The van der Waals surface area contributed by atoms with Crippen LogP contribution in [0.1, 0.15) is 25.0 Å². The predicted octanol–water partition coefficient (Wildman–Crippen LogP) is 11.4. The van der Waals surface area contributed by atoms with E-state index in [1.54, 1.807) is 0 Å². The van der Waals surface area contributed by atoms with Crippen molar-refractivity contribution in [1.29, 1.82) is 0 Å². The molecule has 1 heteroatoms. The monoisotopic (exact) mass is 537 g/mol. The Kier molecular flexibility index (Phi) is 5.55. The van der Waals surface area contributed by atoms with Gasteiger partial charge < -0.3 is 4.90 Å². The summed E-state index contributed by atoms with van der Waals surface area (Å²) < 4.78 is 0. The Morgan fingerprint density at radius 2 is 0.929 bits per heavy atom. The zero-order valence-electron chi connectivity index (χ0n) is 23.9.